The van der Waals surface area contributed by atoms with E-state index in [9.17, 15) is 0 Å². The lowest BCUT2D eigenvalue weighted by Crippen LogP contribution is -2.68. The summed E-state index contributed by atoms with van der Waals surface area (Å²) in [4.78, 5) is 5.34. The smallest absolute Gasteiger partial charge is 0.333 e. The zero-order valence-electron chi connectivity index (χ0n) is 32.1. The molecule has 0 fully saturated rings. The monoisotopic (exact) mass is 704 g/mol. The normalized spacial score (nSPS) is 18.0. The van der Waals surface area contributed by atoms with Gasteiger partial charge in [-0.1, -0.05) is 114 Å². The molecular formula is C48H45BN2OSi. The highest BCUT2D eigenvalue weighted by Crippen LogP contribution is 2.52. The van der Waals surface area contributed by atoms with E-state index >= 15 is 0 Å². The Labute approximate surface area is 314 Å². The quantitative estimate of drug-likeness (QED) is 0.159. The van der Waals surface area contributed by atoms with Gasteiger partial charge in [0.05, 0.1) is 0 Å². The number of rotatable bonds is 1. The number of para-hydroxylation sites is 3. The molecule has 0 unspecified atom stereocenters. The molecule has 0 amide bonds. The summed E-state index contributed by atoms with van der Waals surface area (Å²) < 4.78 is 6.69. The molecule has 4 aliphatic rings. The Hall–Kier alpha value is -5.00. The number of hydrogen-bond donors (Lipinski definition) is 0. The first-order valence-electron chi connectivity index (χ1n) is 19.4. The molecule has 5 heteroatoms. The molecular weight excluding hydrogens is 659 g/mol. The molecule has 6 aromatic carbocycles. The van der Waals surface area contributed by atoms with E-state index in [1.165, 1.54) is 107 Å². The molecule has 0 radical (unpaired) electrons. The third-order valence-corrected chi connectivity index (χ3v) is 17.1. The maximum Gasteiger partial charge on any atom is 0.333 e. The molecule has 3 aliphatic heterocycles. The van der Waals surface area contributed by atoms with Gasteiger partial charge in [-0.05, 0) is 111 Å². The van der Waals surface area contributed by atoms with Gasteiger partial charge in [-0.25, -0.2) is 0 Å². The van der Waals surface area contributed by atoms with Crippen LogP contribution in [0.5, 0.6) is 0 Å². The predicted octanol–water partition coefficient (Wildman–Crippen LogP) is 10.4. The molecule has 0 saturated carbocycles. The Balaban J connectivity index is 1.30. The highest BCUT2D eigenvalue weighted by molar-refractivity contribution is 7.05. The van der Waals surface area contributed by atoms with Crippen molar-refractivity contribution in [3.8, 4) is 11.1 Å². The van der Waals surface area contributed by atoms with Crippen LogP contribution in [0.3, 0.4) is 0 Å². The fraction of sp³-hybridized carbons (Fsp3) is 0.250. The van der Waals surface area contributed by atoms with Crippen LogP contribution >= 0.6 is 0 Å². The van der Waals surface area contributed by atoms with Gasteiger partial charge in [0.2, 0.25) is 0 Å². The van der Waals surface area contributed by atoms with Crippen LogP contribution in [0.2, 0.25) is 13.1 Å². The fourth-order valence-electron chi connectivity index (χ4n) is 10.7. The largest absolute Gasteiger partial charge is 0.456 e. The second-order valence-corrected chi connectivity index (χ2v) is 22.5. The number of nitrogens with zero attached hydrogens (tertiary/aromatic N) is 2. The SMILES string of the molecule is Cc1cc2c3c(c1)N(c1cc4c(cc1C)C(C)(C)CCC4(C)C)c1cc4oc5ccccc5c4cc1B3N1c3ccccc3[Si](C)(C)c3cccc-2c31. The van der Waals surface area contributed by atoms with Gasteiger partial charge in [0, 0.05) is 50.8 Å². The Morgan fingerprint density at radius 1 is 0.623 bits per heavy atom. The van der Waals surface area contributed by atoms with Crippen LogP contribution in [-0.2, 0) is 10.8 Å². The Morgan fingerprint density at radius 3 is 2.15 bits per heavy atom. The lowest BCUT2D eigenvalue weighted by molar-refractivity contribution is 0.332. The predicted molar refractivity (Wildman–Crippen MR) is 229 cm³/mol. The lowest BCUT2D eigenvalue weighted by atomic mass is 9.43. The highest BCUT2D eigenvalue weighted by Gasteiger charge is 2.51. The first-order valence-corrected chi connectivity index (χ1v) is 22.4. The van der Waals surface area contributed by atoms with E-state index < -0.39 is 8.07 Å². The number of aryl methyl sites for hydroxylation is 2. The summed E-state index contributed by atoms with van der Waals surface area (Å²) in [6.45, 7) is 19.4. The molecule has 1 aliphatic carbocycles. The maximum absolute atomic E-state index is 6.69. The van der Waals surface area contributed by atoms with Crippen LogP contribution in [-0.4, -0.2) is 14.9 Å². The summed E-state index contributed by atoms with van der Waals surface area (Å²) in [5.41, 5.74) is 19.7. The van der Waals surface area contributed by atoms with Crippen molar-refractivity contribution in [2.75, 3.05) is 9.71 Å². The number of anilines is 5. The highest BCUT2D eigenvalue weighted by atomic mass is 28.3. The average Bonchev–Trinajstić information content (AvgIpc) is 3.50. The molecule has 4 heterocycles. The summed E-state index contributed by atoms with van der Waals surface area (Å²) >= 11 is 0. The number of benzene rings is 6. The molecule has 7 aromatic rings. The van der Waals surface area contributed by atoms with Gasteiger partial charge in [-0.15, -0.1) is 0 Å². The average molecular weight is 705 g/mol. The van der Waals surface area contributed by atoms with Crippen LogP contribution in [0.4, 0.5) is 28.4 Å². The minimum atomic E-state index is -2.00. The van der Waals surface area contributed by atoms with Crippen molar-refractivity contribution >= 4 is 86.6 Å². The van der Waals surface area contributed by atoms with Gasteiger partial charge in [0.15, 0.2) is 0 Å². The van der Waals surface area contributed by atoms with E-state index in [0.29, 0.717) is 0 Å². The molecule has 0 N–H and O–H groups in total. The first-order chi connectivity index (χ1) is 25.3. The third kappa shape index (κ3) is 4.01. The van der Waals surface area contributed by atoms with Gasteiger partial charge >= 0.3 is 6.85 Å². The van der Waals surface area contributed by atoms with Crippen molar-refractivity contribution in [1.82, 2.24) is 0 Å². The van der Waals surface area contributed by atoms with Crippen LogP contribution in [0, 0.1) is 13.8 Å². The van der Waals surface area contributed by atoms with E-state index in [2.05, 4.69) is 167 Å². The molecule has 0 spiro atoms. The van der Waals surface area contributed by atoms with Gasteiger partial charge in [0.1, 0.15) is 19.2 Å². The number of hydrogen-bond acceptors (Lipinski definition) is 3. The third-order valence-electron chi connectivity index (χ3n) is 13.6. The van der Waals surface area contributed by atoms with Crippen LogP contribution < -0.4 is 31.0 Å². The fourth-order valence-corrected chi connectivity index (χ4v) is 13.7. The van der Waals surface area contributed by atoms with Crippen LogP contribution in [0.1, 0.15) is 62.8 Å². The topological polar surface area (TPSA) is 19.6 Å². The maximum atomic E-state index is 6.69. The Morgan fingerprint density at radius 2 is 1.34 bits per heavy atom. The Kier molecular flexibility index (Phi) is 6.04. The molecule has 11 rings (SSSR count). The van der Waals surface area contributed by atoms with Gasteiger partial charge in [-0.3, -0.25) is 0 Å². The summed E-state index contributed by atoms with van der Waals surface area (Å²) in [6.07, 6.45) is 2.38. The van der Waals surface area contributed by atoms with Crippen molar-refractivity contribution in [3.05, 3.63) is 125 Å². The van der Waals surface area contributed by atoms with Crippen molar-refractivity contribution < 1.29 is 4.42 Å². The van der Waals surface area contributed by atoms with Crippen molar-refractivity contribution in [1.29, 1.82) is 0 Å². The molecule has 1 aromatic heterocycles. The van der Waals surface area contributed by atoms with E-state index in [1.807, 2.05) is 0 Å². The van der Waals surface area contributed by atoms with E-state index in [4.69, 9.17) is 4.42 Å². The minimum absolute atomic E-state index is 0.00174. The number of fused-ring (bicyclic) bond motifs is 10. The summed E-state index contributed by atoms with van der Waals surface area (Å²) in [5, 5.41) is 5.39. The summed E-state index contributed by atoms with van der Waals surface area (Å²) in [5.74, 6) is 0. The van der Waals surface area contributed by atoms with Crippen LogP contribution in [0.15, 0.2) is 108 Å². The minimum Gasteiger partial charge on any atom is -0.456 e. The van der Waals surface area contributed by atoms with Crippen molar-refractivity contribution in [2.24, 2.45) is 0 Å². The van der Waals surface area contributed by atoms with E-state index in [0.717, 1.165) is 11.2 Å². The molecule has 0 saturated heterocycles. The van der Waals surface area contributed by atoms with Crippen molar-refractivity contribution in [3.63, 3.8) is 0 Å². The Bertz CT molecular complexity index is 2770. The van der Waals surface area contributed by atoms with E-state index in [-0.39, 0.29) is 17.7 Å². The second kappa shape index (κ2) is 10.1. The van der Waals surface area contributed by atoms with Gasteiger partial charge < -0.3 is 14.1 Å². The first kappa shape index (κ1) is 31.5. The lowest BCUT2D eigenvalue weighted by Gasteiger charge is -2.51. The number of furan rings is 1. The zero-order chi connectivity index (χ0) is 36.3. The molecule has 53 heavy (non-hydrogen) atoms. The zero-order valence-corrected chi connectivity index (χ0v) is 33.1. The van der Waals surface area contributed by atoms with Gasteiger partial charge in [-0.2, -0.15) is 0 Å². The molecule has 260 valence electrons. The second-order valence-electron chi connectivity index (χ2n) is 18.2. The van der Waals surface area contributed by atoms with E-state index in [1.54, 1.807) is 0 Å². The molecule has 3 nitrogen and oxygen atoms in total. The molecule has 0 bridgehead atoms. The van der Waals surface area contributed by atoms with Crippen molar-refractivity contribution in [2.45, 2.75) is 78.3 Å². The standard InChI is InChI=1S/C48H45BN2OSi/c1-28-22-33-31-15-13-19-44-46(31)51(37-16-10-12-18-43(37)53(44,7)8)49-36-25-32-30-14-9-11-17-41(30)52-42(32)27-39(36)50(40(23-28)45(33)49)38-26-35-34(24-29(38)2)47(3,4)20-21-48(35,5)6/h9-19,22-27H,20-21H2,1-8H3. The summed E-state index contributed by atoms with van der Waals surface area (Å²) in [7, 11) is -2.00. The van der Waals surface area contributed by atoms with Gasteiger partial charge in [0.25, 0.3) is 0 Å². The summed E-state index contributed by atoms with van der Waals surface area (Å²) in [6, 6.07) is 39.8. The molecule has 0 atom stereocenters. The van der Waals surface area contributed by atoms with Crippen LogP contribution in [0.25, 0.3) is 33.1 Å².